The van der Waals surface area contributed by atoms with Gasteiger partial charge in [0.25, 0.3) is 0 Å². The first-order chi connectivity index (χ1) is 21.7. The Bertz CT molecular complexity index is 1740. The molecule has 0 radical (unpaired) electrons. The third-order valence-corrected chi connectivity index (χ3v) is 6.82. The van der Waals surface area contributed by atoms with E-state index in [2.05, 4.69) is 90.6 Å². The summed E-state index contributed by atoms with van der Waals surface area (Å²) < 4.78 is 9.94. The van der Waals surface area contributed by atoms with Gasteiger partial charge in [-0.3, -0.25) is 19.7 Å². The monoisotopic (exact) mass is 667 g/mol. The van der Waals surface area contributed by atoms with Gasteiger partial charge in [-0.05, 0) is 83.1 Å². The van der Waals surface area contributed by atoms with E-state index >= 15 is 0 Å². The molecule has 3 heterocycles. The maximum absolute atomic E-state index is 11.4. The number of aryl methyl sites for hydroxylation is 2. The molecule has 0 saturated carbocycles. The number of carbonyl (C=O) groups is 3. The van der Waals surface area contributed by atoms with Crippen molar-refractivity contribution in [2.45, 2.75) is 26.7 Å². The van der Waals surface area contributed by atoms with Gasteiger partial charge < -0.3 is 9.47 Å². The topological polar surface area (TPSA) is 108 Å². The fourth-order valence-corrected chi connectivity index (χ4v) is 4.62. The average molecular weight is 669 g/mol. The normalized spacial score (nSPS) is 9.89. The molecule has 230 valence electrons. The van der Waals surface area contributed by atoms with Gasteiger partial charge in [0.2, 0.25) is 0 Å². The van der Waals surface area contributed by atoms with E-state index in [4.69, 9.17) is 0 Å². The highest BCUT2D eigenvalue weighted by Crippen LogP contribution is 2.14. The van der Waals surface area contributed by atoms with E-state index in [1.165, 1.54) is 48.9 Å². The van der Waals surface area contributed by atoms with Crippen molar-refractivity contribution in [2.24, 2.45) is 0 Å². The Labute approximate surface area is 271 Å². The molecule has 0 bridgehead atoms. The summed E-state index contributed by atoms with van der Waals surface area (Å²) in [6.45, 7) is 4.13. The van der Waals surface area contributed by atoms with E-state index in [1.54, 1.807) is 30.9 Å². The number of aldehydes is 1. The first-order valence-corrected chi connectivity index (χ1v) is 14.7. The van der Waals surface area contributed by atoms with Gasteiger partial charge >= 0.3 is 11.9 Å². The Balaban J connectivity index is 0.000000190. The zero-order chi connectivity index (χ0) is 32.6. The first-order valence-electron chi connectivity index (χ1n) is 13.9. The molecule has 0 amide bonds. The minimum Gasteiger partial charge on any atom is -0.465 e. The quantitative estimate of drug-likeness (QED) is 0.133. The molecule has 0 saturated heterocycles. The van der Waals surface area contributed by atoms with Gasteiger partial charge in [0.1, 0.15) is 0 Å². The van der Waals surface area contributed by atoms with Crippen LogP contribution in [-0.4, -0.2) is 47.4 Å². The van der Waals surface area contributed by atoms with Gasteiger partial charge in [-0.25, -0.2) is 9.59 Å². The summed E-state index contributed by atoms with van der Waals surface area (Å²) in [7, 11) is 2.71. The maximum atomic E-state index is 11.4. The fourth-order valence-electron chi connectivity index (χ4n) is 4.26. The summed E-state index contributed by atoms with van der Waals surface area (Å²) in [5.74, 6) is -0.729. The van der Waals surface area contributed by atoms with Gasteiger partial charge in [-0.15, -0.1) is 0 Å². The van der Waals surface area contributed by atoms with E-state index in [1.807, 2.05) is 24.3 Å². The number of aromatic nitrogens is 3. The number of ether oxygens (including phenoxy) is 2. The molecule has 0 atom stereocenters. The zero-order valence-corrected chi connectivity index (χ0v) is 27.2. The number of carbonyl (C=O) groups excluding carboxylic acids is 3. The predicted octanol–water partition coefficient (Wildman–Crippen LogP) is 7.19. The van der Waals surface area contributed by atoms with Crippen LogP contribution in [0.25, 0.3) is 0 Å². The molecule has 3 aromatic heterocycles. The Kier molecular flexibility index (Phi) is 13.7. The molecule has 0 spiro atoms. The average Bonchev–Trinajstić information content (AvgIpc) is 3.05. The van der Waals surface area contributed by atoms with Gasteiger partial charge in [0.15, 0.2) is 6.29 Å². The number of hydrogen-bond acceptors (Lipinski definition) is 8. The number of halogens is 1. The first kappa shape index (κ1) is 34.5. The molecule has 0 fully saturated rings. The largest absolute Gasteiger partial charge is 0.465 e. The van der Waals surface area contributed by atoms with Crippen LogP contribution in [0.3, 0.4) is 0 Å². The SMILES string of the molecule is COC(=O)c1cncc(Br)c1.COC(=O)c1cncc(Cc2cccc(C)c2)c1.Cc1cccc(Cc2ccncc2C=O)c1. The van der Waals surface area contributed by atoms with E-state index in [0.717, 1.165) is 34.7 Å². The molecular weight excluding hydrogens is 634 g/mol. The van der Waals surface area contributed by atoms with Crippen molar-refractivity contribution in [2.75, 3.05) is 14.2 Å². The van der Waals surface area contributed by atoms with E-state index in [9.17, 15) is 14.4 Å². The smallest absolute Gasteiger partial charge is 0.339 e. The van der Waals surface area contributed by atoms with E-state index in [-0.39, 0.29) is 11.9 Å². The van der Waals surface area contributed by atoms with Crippen molar-refractivity contribution < 1.29 is 23.9 Å². The van der Waals surface area contributed by atoms with Gasteiger partial charge in [-0.2, -0.15) is 0 Å². The number of nitrogens with zero attached hydrogens (tertiary/aromatic N) is 3. The van der Waals surface area contributed by atoms with Crippen LogP contribution in [0.1, 0.15) is 64.5 Å². The lowest BCUT2D eigenvalue weighted by molar-refractivity contribution is 0.0591. The highest BCUT2D eigenvalue weighted by Gasteiger charge is 2.07. The Morgan fingerprint density at radius 2 is 1.27 bits per heavy atom. The second-order valence-corrected chi connectivity index (χ2v) is 10.9. The second-order valence-electron chi connectivity index (χ2n) is 9.98. The number of pyridine rings is 3. The van der Waals surface area contributed by atoms with Crippen LogP contribution in [0.4, 0.5) is 0 Å². The fraction of sp³-hybridized carbons (Fsp3) is 0.167. The van der Waals surface area contributed by atoms with Crippen LogP contribution in [0.2, 0.25) is 0 Å². The lowest BCUT2D eigenvalue weighted by Crippen LogP contribution is -2.03. The van der Waals surface area contributed by atoms with Crippen LogP contribution in [0, 0.1) is 13.8 Å². The maximum Gasteiger partial charge on any atom is 0.339 e. The van der Waals surface area contributed by atoms with Crippen LogP contribution in [0.15, 0.2) is 108 Å². The highest BCUT2D eigenvalue weighted by molar-refractivity contribution is 9.10. The summed E-state index contributed by atoms with van der Waals surface area (Å²) in [4.78, 5) is 45.0. The van der Waals surface area contributed by atoms with Crippen molar-refractivity contribution in [3.8, 4) is 0 Å². The third kappa shape index (κ3) is 11.5. The molecule has 8 nitrogen and oxygen atoms in total. The molecule has 5 aromatic rings. The molecule has 2 aromatic carbocycles. The molecule has 0 aliphatic rings. The van der Waals surface area contributed by atoms with Gasteiger partial charge in [0, 0.05) is 47.2 Å². The van der Waals surface area contributed by atoms with Gasteiger partial charge in [0.05, 0.1) is 25.3 Å². The molecule has 0 aliphatic heterocycles. The van der Waals surface area contributed by atoms with Crippen molar-refractivity contribution in [3.05, 3.63) is 158 Å². The predicted molar refractivity (Wildman–Crippen MR) is 176 cm³/mol. The Morgan fingerprint density at radius 1 is 0.689 bits per heavy atom. The number of benzene rings is 2. The summed E-state index contributed by atoms with van der Waals surface area (Å²) in [6, 6.07) is 22.0. The Hall–Kier alpha value is -5.02. The summed E-state index contributed by atoms with van der Waals surface area (Å²) in [5.41, 5.74) is 8.52. The summed E-state index contributed by atoms with van der Waals surface area (Å²) in [6.07, 6.45) is 12.1. The van der Waals surface area contributed by atoms with Crippen LogP contribution in [-0.2, 0) is 22.3 Å². The second kappa shape index (κ2) is 17.9. The van der Waals surface area contributed by atoms with Gasteiger partial charge in [-0.1, -0.05) is 59.7 Å². The molecular formula is C36H34BrN3O5. The zero-order valence-electron chi connectivity index (χ0n) is 25.6. The minimum atomic E-state index is -0.376. The van der Waals surface area contributed by atoms with E-state index < -0.39 is 0 Å². The third-order valence-electron chi connectivity index (χ3n) is 6.38. The number of methoxy groups -OCH3 is 2. The molecule has 45 heavy (non-hydrogen) atoms. The minimum absolute atomic E-state index is 0.353. The molecule has 5 rings (SSSR count). The van der Waals surface area contributed by atoms with Crippen LogP contribution in [0.5, 0.6) is 0 Å². The van der Waals surface area contributed by atoms with Crippen molar-refractivity contribution in [1.29, 1.82) is 0 Å². The van der Waals surface area contributed by atoms with Crippen LogP contribution >= 0.6 is 15.9 Å². The molecule has 0 aliphatic carbocycles. The molecule has 9 heteroatoms. The lowest BCUT2D eigenvalue weighted by Gasteiger charge is -2.05. The Morgan fingerprint density at radius 3 is 1.82 bits per heavy atom. The molecule has 0 N–H and O–H groups in total. The molecule has 0 unspecified atom stereocenters. The lowest BCUT2D eigenvalue weighted by atomic mass is 10.0. The standard InChI is InChI=1S/C15H15NO2.C14H13NO.C7H6BrNO2/c1-11-4-3-5-12(6-11)7-13-8-14(10-16-9-13)15(17)18-2;1-11-3-2-4-12(7-11)8-13-5-6-15-9-14(13)10-16;1-11-7(10)5-2-6(8)4-9-3-5/h3-6,8-10H,7H2,1-2H3;2-7,9-10H,8H2,1H3;2-4H,1H3. The number of hydrogen-bond donors (Lipinski definition) is 0. The summed E-state index contributed by atoms with van der Waals surface area (Å²) in [5, 5.41) is 0. The van der Waals surface area contributed by atoms with Crippen molar-refractivity contribution in [1.82, 2.24) is 15.0 Å². The number of esters is 2. The van der Waals surface area contributed by atoms with Crippen molar-refractivity contribution >= 4 is 34.2 Å². The van der Waals surface area contributed by atoms with Crippen LogP contribution < -0.4 is 0 Å². The summed E-state index contributed by atoms with van der Waals surface area (Å²) >= 11 is 3.19. The van der Waals surface area contributed by atoms with E-state index in [0.29, 0.717) is 16.7 Å². The number of rotatable bonds is 7. The van der Waals surface area contributed by atoms with Crippen molar-refractivity contribution in [3.63, 3.8) is 0 Å². The highest BCUT2D eigenvalue weighted by atomic mass is 79.9.